The molecule has 0 aliphatic carbocycles. The number of rotatable bonds is 11. The number of carbonyl (C=O) groups is 4. The van der Waals surface area contributed by atoms with Gasteiger partial charge in [0.1, 0.15) is 0 Å². The Bertz CT molecular complexity index is 368. The van der Waals surface area contributed by atoms with Crippen molar-refractivity contribution in [3.63, 3.8) is 0 Å². The van der Waals surface area contributed by atoms with Crippen molar-refractivity contribution in [2.45, 2.75) is 64.5 Å². The third-order valence-electron chi connectivity index (χ3n) is 2.32. The minimum atomic E-state index is -0.836. The zero-order valence-corrected chi connectivity index (χ0v) is 16.2. The smallest absolute Gasteiger partial charge is 0.305 e. The standard InChI is InChI=1S/C14H22O8Si2/c1-9(15)19-13(20-10(2)16)23-7-5-6-8-24-14(21-11(3)17)22-12(4)18/h13-14H,5-8H2,1-4H3. The van der Waals surface area contributed by atoms with Gasteiger partial charge in [-0.05, 0) is 0 Å². The Kier molecular flexibility index (Phi) is 11.8. The second-order valence-electron chi connectivity index (χ2n) is 4.72. The molecule has 0 aliphatic heterocycles. The van der Waals surface area contributed by atoms with Crippen molar-refractivity contribution in [3.8, 4) is 0 Å². The Hall–Kier alpha value is -1.69. The zero-order chi connectivity index (χ0) is 18.5. The van der Waals surface area contributed by atoms with Crippen LogP contribution < -0.4 is 0 Å². The van der Waals surface area contributed by atoms with Gasteiger partial charge in [0.2, 0.25) is 11.8 Å². The maximum absolute atomic E-state index is 10.9. The van der Waals surface area contributed by atoms with Crippen LogP contribution in [0.1, 0.15) is 40.5 Å². The van der Waals surface area contributed by atoms with E-state index in [1.165, 1.54) is 27.7 Å². The monoisotopic (exact) mass is 374 g/mol. The Morgan fingerprint density at radius 2 is 0.875 bits per heavy atom. The molecule has 10 heteroatoms. The summed E-state index contributed by atoms with van der Waals surface area (Å²) >= 11 is 0. The summed E-state index contributed by atoms with van der Waals surface area (Å²) in [4.78, 5) is 43.7. The van der Waals surface area contributed by atoms with Crippen molar-refractivity contribution >= 4 is 42.9 Å². The Morgan fingerprint density at radius 3 is 1.08 bits per heavy atom. The quantitative estimate of drug-likeness (QED) is 0.227. The molecule has 0 aliphatic rings. The van der Waals surface area contributed by atoms with Gasteiger partial charge in [-0.2, -0.15) is 0 Å². The van der Waals surface area contributed by atoms with Crippen molar-refractivity contribution in [2.24, 2.45) is 0 Å². The lowest BCUT2D eigenvalue weighted by molar-refractivity contribution is -0.173. The van der Waals surface area contributed by atoms with E-state index in [4.69, 9.17) is 18.9 Å². The summed E-state index contributed by atoms with van der Waals surface area (Å²) < 4.78 is 19.6. The molecule has 0 aromatic rings. The second-order valence-corrected chi connectivity index (χ2v) is 7.48. The van der Waals surface area contributed by atoms with Gasteiger partial charge < -0.3 is 18.9 Å². The minimum Gasteiger partial charge on any atom is -0.430 e. The highest BCUT2D eigenvalue weighted by Crippen LogP contribution is 2.07. The first-order chi connectivity index (χ1) is 11.2. The lowest BCUT2D eigenvalue weighted by atomic mass is 10.4. The van der Waals surface area contributed by atoms with E-state index in [9.17, 15) is 19.2 Å². The highest BCUT2D eigenvalue weighted by Gasteiger charge is 2.17. The molecule has 0 aromatic carbocycles. The van der Waals surface area contributed by atoms with Crippen molar-refractivity contribution in [1.82, 2.24) is 0 Å². The molecule has 4 radical (unpaired) electrons. The van der Waals surface area contributed by atoms with Crippen LogP contribution in [0.5, 0.6) is 0 Å². The zero-order valence-electron chi connectivity index (χ0n) is 14.2. The maximum Gasteiger partial charge on any atom is 0.305 e. The normalized spacial score (nSPS) is 10.4. The summed E-state index contributed by atoms with van der Waals surface area (Å²) in [7, 11) is 0.307. The molecule has 0 N–H and O–H groups in total. The van der Waals surface area contributed by atoms with E-state index >= 15 is 0 Å². The molecule has 134 valence electrons. The second kappa shape index (κ2) is 12.7. The van der Waals surface area contributed by atoms with Crippen molar-refractivity contribution < 1.29 is 38.1 Å². The van der Waals surface area contributed by atoms with Crippen LogP contribution in [0.3, 0.4) is 0 Å². The molecule has 0 unspecified atom stereocenters. The molecule has 0 spiro atoms. The molecular formula is C14H22O8Si2. The first-order valence-electron chi connectivity index (χ1n) is 7.36. The van der Waals surface area contributed by atoms with Crippen LogP contribution in [0.25, 0.3) is 0 Å². The fourth-order valence-electron chi connectivity index (χ4n) is 1.51. The van der Waals surface area contributed by atoms with E-state index in [0.29, 0.717) is 0 Å². The fraction of sp³-hybridized carbons (Fsp3) is 0.714. The van der Waals surface area contributed by atoms with Gasteiger partial charge in [-0.15, -0.1) is 0 Å². The third-order valence-corrected chi connectivity index (χ3v) is 4.74. The van der Waals surface area contributed by atoms with Gasteiger partial charge in [0.05, 0.1) is 0 Å². The Morgan fingerprint density at radius 1 is 0.625 bits per heavy atom. The Labute approximate surface area is 146 Å². The average molecular weight is 374 g/mol. The number of carbonyl (C=O) groups excluding carboxylic acids is 4. The first kappa shape index (κ1) is 22.3. The van der Waals surface area contributed by atoms with Crippen molar-refractivity contribution in [1.29, 1.82) is 0 Å². The minimum absolute atomic E-state index is 0.153. The van der Waals surface area contributed by atoms with Gasteiger partial charge >= 0.3 is 23.9 Å². The van der Waals surface area contributed by atoms with Crippen LogP contribution in [-0.2, 0) is 38.1 Å². The maximum atomic E-state index is 10.9. The van der Waals surface area contributed by atoms with E-state index in [1.54, 1.807) is 0 Å². The van der Waals surface area contributed by atoms with E-state index in [-0.39, 0.29) is 19.0 Å². The summed E-state index contributed by atoms with van der Waals surface area (Å²) in [5, 5.41) is 0. The predicted octanol–water partition coefficient (Wildman–Crippen LogP) is 0.831. The summed E-state index contributed by atoms with van der Waals surface area (Å²) in [6, 6.07) is 1.45. The van der Waals surface area contributed by atoms with Gasteiger partial charge in [0, 0.05) is 27.7 Å². The lowest BCUT2D eigenvalue weighted by Gasteiger charge is -2.16. The molecule has 0 atom stereocenters. The molecule has 8 nitrogen and oxygen atoms in total. The molecular weight excluding hydrogens is 352 g/mol. The van der Waals surface area contributed by atoms with E-state index < -0.39 is 35.7 Å². The van der Waals surface area contributed by atoms with Gasteiger partial charge in [-0.3, -0.25) is 19.2 Å². The number of unbranched alkanes of at least 4 members (excludes halogenated alkanes) is 1. The SMILES string of the molecule is CC(=O)OC(OC(C)=O)[Si]CCCC[Si]C(OC(C)=O)OC(C)=O. The highest BCUT2D eigenvalue weighted by atomic mass is 28.2. The summed E-state index contributed by atoms with van der Waals surface area (Å²) in [5.41, 5.74) is 0. The van der Waals surface area contributed by atoms with Gasteiger partial charge in [0.15, 0.2) is 19.0 Å². The number of ether oxygens (including phenoxy) is 4. The summed E-state index contributed by atoms with van der Waals surface area (Å²) in [5.74, 6) is -3.67. The predicted molar refractivity (Wildman–Crippen MR) is 85.0 cm³/mol. The average Bonchev–Trinajstić information content (AvgIpc) is 2.39. The fourth-order valence-corrected chi connectivity index (χ4v) is 3.88. The van der Waals surface area contributed by atoms with Gasteiger partial charge in [-0.25, -0.2) is 0 Å². The van der Waals surface area contributed by atoms with Crippen LogP contribution in [0.4, 0.5) is 0 Å². The molecule has 0 aromatic heterocycles. The molecule has 0 saturated heterocycles. The third kappa shape index (κ3) is 13.9. The lowest BCUT2D eigenvalue weighted by Crippen LogP contribution is -2.29. The number of esters is 4. The summed E-state index contributed by atoms with van der Waals surface area (Å²) in [6.45, 7) is 5.02. The molecule has 0 saturated carbocycles. The van der Waals surface area contributed by atoms with Crippen LogP contribution in [0.15, 0.2) is 0 Å². The molecule has 24 heavy (non-hydrogen) atoms. The largest absolute Gasteiger partial charge is 0.430 e. The first-order valence-corrected chi connectivity index (χ1v) is 9.93. The topological polar surface area (TPSA) is 105 Å². The highest BCUT2D eigenvalue weighted by molar-refractivity contribution is 6.37. The van der Waals surface area contributed by atoms with Crippen LogP contribution in [0, 0.1) is 0 Å². The summed E-state index contributed by atoms with van der Waals surface area (Å²) in [6.07, 6.45) is 1.63. The van der Waals surface area contributed by atoms with Crippen molar-refractivity contribution in [3.05, 3.63) is 0 Å². The van der Waals surface area contributed by atoms with Crippen LogP contribution in [-0.4, -0.2) is 54.7 Å². The molecule has 0 fully saturated rings. The van der Waals surface area contributed by atoms with E-state index in [2.05, 4.69) is 0 Å². The molecule has 0 bridgehead atoms. The number of hydrogen-bond donors (Lipinski definition) is 0. The Balaban J connectivity index is 3.99. The van der Waals surface area contributed by atoms with Crippen LogP contribution >= 0.6 is 0 Å². The molecule has 0 amide bonds. The van der Waals surface area contributed by atoms with E-state index in [0.717, 1.165) is 24.9 Å². The van der Waals surface area contributed by atoms with Gasteiger partial charge in [-0.1, -0.05) is 24.9 Å². The molecule has 0 heterocycles. The van der Waals surface area contributed by atoms with E-state index in [1.807, 2.05) is 0 Å². The van der Waals surface area contributed by atoms with Crippen LogP contribution in [0.2, 0.25) is 12.1 Å². The number of hydrogen-bond acceptors (Lipinski definition) is 8. The van der Waals surface area contributed by atoms with Gasteiger partial charge in [0.25, 0.3) is 0 Å². The van der Waals surface area contributed by atoms with Crippen molar-refractivity contribution in [2.75, 3.05) is 0 Å². The molecule has 0 rings (SSSR count).